The van der Waals surface area contributed by atoms with Crippen LogP contribution in [0.3, 0.4) is 0 Å². The third kappa shape index (κ3) is 6.17. The molecule has 0 atom stereocenters. The first-order valence-electron chi connectivity index (χ1n) is 6.34. The van der Waals surface area contributed by atoms with Gasteiger partial charge in [0.25, 0.3) is 0 Å². The Morgan fingerprint density at radius 3 is 2.72 bits per heavy atom. The molecule has 0 aliphatic carbocycles. The summed E-state index contributed by atoms with van der Waals surface area (Å²) in [4.78, 5) is 11.7. The molecule has 18 heavy (non-hydrogen) atoms. The molecule has 0 saturated carbocycles. The third-order valence-corrected chi connectivity index (χ3v) is 3.26. The van der Waals surface area contributed by atoms with E-state index in [-0.39, 0.29) is 5.91 Å². The third-order valence-electron chi connectivity index (χ3n) is 2.57. The van der Waals surface area contributed by atoms with Gasteiger partial charge in [0.2, 0.25) is 5.91 Å². The fourth-order valence-electron chi connectivity index (χ4n) is 1.59. The minimum Gasteiger partial charge on any atom is -0.324 e. The van der Waals surface area contributed by atoms with E-state index in [0.717, 1.165) is 29.0 Å². The number of nitrogens with one attached hydrogen (secondary N) is 2. The highest BCUT2D eigenvalue weighted by Gasteiger charge is 2.04. The Kier molecular flexibility index (Phi) is 6.98. The smallest absolute Gasteiger partial charge is 0.238 e. The standard InChI is InChI=1S/C14H21BrN2O/c1-11(2)6-5-9-16-10-14(18)17-13-8-4-3-7-12(13)15/h3-4,7-8,11,16H,5-6,9-10H2,1-2H3,(H,17,18). The summed E-state index contributed by atoms with van der Waals surface area (Å²) in [6.07, 6.45) is 2.30. The summed E-state index contributed by atoms with van der Waals surface area (Å²) in [7, 11) is 0. The predicted molar refractivity (Wildman–Crippen MR) is 79.7 cm³/mol. The number of benzene rings is 1. The molecule has 0 radical (unpaired) electrons. The molecule has 100 valence electrons. The van der Waals surface area contributed by atoms with E-state index in [1.54, 1.807) is 0 Å². The summed E-state index contributed by atoms with van der Waals surface area (Å²) < 4.78 is 0.901. The van der Waals surface area contributed by atoms with E-state index in [0.29, 0.717) is 6.54 Å². The number of anilines is 1. The Balaban J connectivity index is 2.20. The SMILES string of the molecule is CC(C)CCCNCC(=O)Nc1ccccc1Br. The molecule has 1 rings (SSSR count). The van der Waals surface area contributed by atoms with Crippen molar-refractivity contribution in [1.29, 1.82) is 0 Å². The average molecular weight is 313 g/mol. The molecule has 0 aliphatic heterocycles. The number of carbonyl (C=O) groups excluding carboxylic acids is 1. The number of hydrogen-bond donors (Lipinski definition) is 2. The average Bonchev–Trinajstić information content (AvgIpc) is 2.31. The number of halogens is 1. The van der Waals surface area contributed by atoms with E-state index in [2.05, 4.69) is 40.4 Å². The lowest BCUT2D eigenvalue weighted by Gasteiger charge is -2.08. The van der Waals surface area contributed by atoms with Gasteiger partial charge in [-0.25, -0.2) is 0 Å². The molecule has 0 heterocycles. The van der Waals surface area contributed by atoms with Gasteiger partial charge in [-0.05, 0) is 53.4 Å². The molecule has 0 saturated heterocycles. The van der Waals surface area contributed by atoms with Crippen molar-refractivity contribution in [3.05, 3.63) is 28.7 Å². The molecule has 2 N–H and O–H groups in total. The Morgan fingerprint density at radius 1 is 1.33 bits per heavy atom. The normalized spacial score (nSPS) is 10.7. The van der Waals surface area contributed by atoms with Crippen molar-refractivity contribution in [1.82, 2.24) is 5.32 Å². The molecule has 1 amide bonds. The van der Waals surface area contributed by atoms with Crippen LogP contribution in [0, 0.1) is 5.92 Å². The van der Waals surface area contributed by atoms with Crippen molar-refractivity contribution in [2.45, 2.75) is 26.7 Å². The molecular formula is C14H21BrN2O. The van der Waals surface area contributed by atoms with Crippen LogP contribution >= 0.6 is 15.9 Å². The van der Waals surface area contributed by atoms with Gasteiger partial charge in [0.05, 0.1) is 12.2 Å². The first-order valence-corrected chi connectivity index (χ1v) is 7.14. The quantitative estimate of drug-likeness (QED) is 0.757. The van der Waals surface area contributed by atoms with Gasteiger partial charge in [0.1, 0.15) is 0 Å². The number of para-hydroxylation sites is 1. The number of hydrogen-bond acceptors (Lipinski definition) is 2. The lowest BCUT2D eigenvalue weighted by molar-refractivity contribution is -0.115. The highest BCUT2D eigenvalue weighted by molar-refractivity contribution is 9.10. The predicted octanol–water partition coefficient (Wildman–Crippen LogP) is 3.41. The molecule has 0 aliphatic rings. The molecule has 1 aromatic carbocycles. The zero-order valence-electron chi connectivity index (χ0n) is 11.0. The molecule has 3 nitrogen and oxygen atoms in total. The van der Waals surface area contributed by atoms with E-state index in [1.807, 2.05) is 24.3 Å². The fourth-order valence-corrected chi connectivity index (χ4v) is 1.98. The van der Waals surface area contributed by atoms with Crippen LogP contribution in [-0.2, 0) is 4.79 Å². The topological polar surface area (TPSA) is 41.1 Å². The highest BCUT2D eigenvalue weighted by Crippen LogP contribution is 2.20. The summed E-state index contributed by atoms with van der Waals surface area (Å²) in [6.45, 7) is 5.67. The van der Waals surface area contributed by atoms with Gasteiger partial charge in [0.15, 0.2) is 0 Å². The molecule has 4 heteroatoms. The Hall–Kier alpha value is -0.870. The van der Waals surface area contributed by atoms with E-state index in [9.17, 15) is 4.79 Å². The van der Waals surface area contributed by atoms with Crippen molar-refractivity contribution < 1.29 is 4.79 Å². The Labute approximate surface area is 117 Å². The maximum Gasteiger partial charge on any atom is 0.238 e. The van der Waals surface area contributed by atoms with E-state index in [4.69, 9.17) is 0 Å². The van der Waals surface area contributed by atoms with E-state index >= 15 is 0 Å². The van der Waals surface area contributed by atoms with Crippen LogP contribution in [0.15, 0.2) is 28.7 Å². The van der Waals surface area contributed by atoms with Crippen LogP contribution in [0.2, 0.25) is 0 Å². The monoisotopic (exact) mass is 312 g/mol. The maximum absolute atomic E-state index is 11.7. The second-order valence-electron chi connectivity index (χ2n) is 4.74. The molecule has 0 spiro atoms. The van der Waals surface area contributed by atoms with Gasteiger partial charge >= 0.3 is 0 Å². The first kappa shape index (κ1) is 15.2. The van der Waals surface area contributed by atoms with Crippen molar-refractivity contribution >= 4 is 27.5 Å². The second kappa shape index (κ2) is 8.27. The van der Waals surface area contributed by atoms with Gasteiger partial charge in [-0.3, -0.25) is 4.79 Å². The zero-order valence-corrected chi connectivity index (χ0v) is 12.6. The van der Waals surface area contributed by atoms with Crippen molar-refractivity contribution in [2.75, 3.05) is 18.4 Å². The minimum atomic E-state index is -0.00792. The molecule has 0 unspecified atom stereocenters. The van der Waals surface area contributed by atoms with Crippen LogP contribution < -0.4 is 10.6 Å². The lowest BCUT2D eigenvalue weighted by atomic mass is 10.1. The molecule has 0 bridgehead atoms. The van der Waals surface area contributed by atoms with Crippen LogP contribution in [0.25, 0.3) is 0 Å². The molecular weight excluding hydrogens is 292 g/mol. The highest BCUT2D eigenvalue weighted by atomic mass is 79.9. The summed E-state index contributed by atoms with van der Waals surface area (Å²) in [5.41, 5.74) is 0.812. The van der Waals surface area contributed by atoms with E-state index < -0.39 is 0 Å². The van der Waals surface area contributed by atoms with Crippen molar-refractivity contribution in [3.8, 4) is 0 Å². The van der Waals surface area contributed by atoms with Gasteiger partial charge < -0.3 is 10.6 Å². The Bertz CT molecular complexity index is 380. The molecule has 1 aromatic rings. The van der Waals surface area contributed by atoms with Gasteiger partial charge in [-0.15, -0.1) is 0 Å². The zero-order chi connectivity index (χ0) is 13.4. The van der Waals surface area contributed by atoms with Gasteiger partial charge in [-0.2, -0.15) is 0 Å². The number of amides is 1. The minimum absolute atomic E-state index is 0.00792. The van der Waals surface area contributed by atoms with Crippen LogP contribution in [0.1, 0.15) is 26.7 Å². The largest absolute Gasteiger partial charge is 0.324 e. The maximum atomic E-state index is 11.7. The summed E-state index contributed by atoms with van der Waals surface area (Å²) in [5, 5.41) is 6.01. The van der Waals surface area contributed by atoms with Gasteiger partial charge in [-0.1, -0.05) is 26.0 Å². The number of rotatable bonds is 7. The summed E-state index contributed by atoms with van der Waals surface area (Å²) in [5.74, 6) is 0.715. The molecule has 0 fully saturated rings. The summed E-state index contributed by atoms with van der Waals surface area (Å²) in [6, 6.07) is 7.60. The first-order chi connectivity index (χ1) is 8.59. The van der Waals surface area contributed by atoms with Crippen LogP contribution in [-0.4, -0.2) is 19.0 Å². The summed E-state index contributed by atoms with van der Waals surface area (Å²) >= 11 is 3.40. The molecule has 0 aromatic heterocycles. The van der Waals surface area contributed by atoms with Crippen LogP contribution in [0.4, 0.5) is 5.69 Å². The fraction of sp³-hybridized carbons (Fsp3) is 0.500. The lowest BCUT2D eigenvalue weighted by Crippen LogP contribution is -2.29. The van der Waals surface area contributed by atoms with Gasteiger partial charge in [0, 0.05) is 4.47 Å². The number of carbonyl (C=O) groups is 1. The second-order valence-corrected chi connectivity index (χ2v) is 5.60. The van der Waals surface area contributed by atoms with Crippen LogP contribution in [0.5, 0.6) is 0 Å². The van der Waals surface area contributed by atoms with E-state index in [1.165, 1.54) is 6.42 Å². The Morgan fingerprint density at radius 2 is 2.06 bits per heavy atom. The van der Waals surface area contributed by atoms with Crippen molar-refractivity contribution in [3.63, 3.8) is 0 Å². The van der Waals surface area contributed by atoms with Crippen molar-refractivity contribution in [2.24, 2.45) is 5.92 Å².